The predicted octanol–water partition coefficient (Wildman–Crippen LogP) is 2.69. The molecule has 0 aliphatic heterocycles. The van der Waals surface area contributed by atoms with E-state index in [-0.39, 0.29) is 11.9 Å². The van der Waals surface area contributed by atoms with Gasteiger partial charge in [-0.15, -0.1) is 11.3 Å². The van der Waals surface area contributed by atoms with Crippen molar-refractivity contribution >= 4 is 23.2 Å². The zero-order chi connectivity index (χ0) is 14.5. The number of nitrogens with zero attached hydrogens (tertiary/aromatic N) is 1. The van der Waals surface area contributed by atoms with Gasteiger partial charge in [0.1, 0.15) is 5.01 Å². The van der Waals surface area contributed by atoms with Crippen molar-refractivity contribution in [2.45, 2.75) is 45.1 Å². The number of hydrogen-bond donors (Lipinski definition) is 1. The van der Waals surface area contributed by atoms with Crippen molar-refractivity contribution in [2.24, 2.45) is 5.92 Å². The Bertz CT molecular complexity index is 481. The van der Waals surface area contributed by atoms with Crippen LogP contribution in [0.2, 0.25) is 0 Å². The van der Waals surface area contributed by atoms with Gasteiger partial charge in [-0.25, -0.2) is 9.78 Å². The highest BCUT2D eigenvalue weighted by Crippen LogP contribution is 2.35. The molecule has 1 aromatic heterocycles. The Morgan fingerprint density at radius 2 is 2.10 bits per heavy atom. The lowest BCUT2D eigenvalue weighted by atomic mass is 9.84. The van der Waals surface area contributed by atoms with E-state index < -0.39 is 5.97 Å². The highest BCUT2D eigenvalue weighted by atomic mass is 32.1. The van der Waals surface area contributed by atoms with E-state index in [1.807, 2.05) is 0 Å². The van der Waals surface area contributed by atoms with Crippen LogP contribution in [0.5, 0.6) is 0 Å². The maximum absolute atomic E-state index is 11.5. The van der Waals surface area contributed by atoms with Crippen LogP contribution in [0.3, 0.4) is 0 Å². The van der Waals surface area contributed by atoms with Gasteiger partial charge in [0.15, 0.2) is 5.69 Å². The van der Waals surface area contributed by atoms with Crippen LogP contribution in [0.15, 0.2) is 5.38 Å². The summed E-state index contributed by atoms with van der Waals surface area (Å²) in [7, 11) is 1.34. The fourth-order valence-electron chi connectivity index (χ4n) is 2.70. The van der Waals surface area contributed by atoms with Crippen molar-refractivity contribution in [1.82, 2.24) is 10.3 Å². The second kappa shape index (κ2) is 6.83. The summed E-state index contributed by atoms with van der Waals surface area (Å²) in [5, 5.41) is 5.48. The van der Waals surface area contributed by atoms with Gasteiger partial charge < -0.3 is 10.1 Å². The molecule has 0 bridgehead atoms. The van der Waals surface area contributed by atoms with E-state index in [0.29, 0.717) is 11.6 Å². The first kappa shape index (κ1) is 15.0. The van der Waals surface area contributed by atoms with Crippen molar-refractivity contribution in [2.75, 3.05) is 7.11 Å². The summed E-state index contributed by atoms with van der Waals surface area (Å²) in [6.07, 6.45) is 5.83. The average Bonchev–Trinajstić information content (AvgIpc) is 2.94. The minimum atomic E-state index is -0.433. The third-order valence-electron chi connectivity index (χ3n) is 3.66. The van der Waals surface area contributed by atoms with Gasteiger partial charge in [-0.2, -0.15) is 0 Å². The number of amides is 1. The number of rotatable bonds is 4. The minimum Gasteiger partial charge on any atom is -0.464 e. The first-order valence-corrected chi connectivity index (χ1v) is 7.80. The van der Waals surface area contributed by atoms with Gasteiger partial charge >= 0.3 is 5.97 Å². The summed E-state index contributed by atoms with van der Waals surface area (Å²) in [5.74, 6) is -0.0857. The van der Waals surface area contributed by atoms with Crippen LogP contribution in [0.1, 0.15) is 60.6 Å². The molecule has 5 nitrogen and oxygen atoms in total. The van der Waals surface area contributed by atoms with Crippen LogP contribution in [-0.2, 0) is 9.53 Å². The van der Waals surface area contributed by atoms with Gasteiger partial charge in [0.05, 0.1) is 13.2 Å². The molecule has 1 fully saturated rings. The van der Waals surface area contributed by atoms with Gasteiger partial charge in [-0.05, 0) is 18.8 Å². The molecule has 1 aliphatic rings. The zero-order valence-electron chi connectivity index (χ0n) is 11.8. The van der Waals surface area contributed by atoms with Gasteiger partial charge in [-0.3, -0.25) is 4.79 Å². The number of carbonyl (C=O) groups excluding carboxylic acids is 2. The van der Waals surface area contributed by atoms with Gasteiger partial charge in [-0.1, -0.05) is 19.3 Å². The van der Waals surface area contributed by atoms with Crippen LogP contribution >= 0.6 is 11.3 Å². The molecule has 20 heavy (non-hydrogen) atoms. The van der Waals surface area contributed by atoms with Gasteiger partial charge in [0.2, 0.25) is 5.91 Å². The summed E-state index contributed by atoms with van der Waals surface area (Å²) in [6.45, 7) is 1.52. The number of aromatic nitrogens is 1. The minimum absolute atomic E-state index is 0.0598. The number of hydrogen-bond acceptors (Lipinski definition) is 5. The molecule has 2 rings (SSSR count). The molecular weight excluding hydrogens is 276 g/mol. The maximum Gasteiger partial charge on any atom is 0.357 e. The molecule has 1 atom stereocenters. The molecule has 1 heterocycles. The average molecular weight is 296 g/mol. The Labute approximate surface area is 122 Å². The highest BCUT2D eigenvalue weighted by Gasteiger charge is 2.28. The molecule has 1 aromatic rings. The Hall–Kier alpha value is -1.43. The van der Waals surface area contributed by atoms with E-state index in [4.69, 9.17) is 0 Å². The molecule has 0 radical (unpaired) electrons. The molecule has 1 N–H and O–H groups in total. The van der Waals surface area contributed by atoms with Crippen LogP contribution < -0.4 is 5.32 Å². The Morgan fingerprint density at radius 3 is 2.70 bits per heavy atom. The summed E-state index contributed by atoms with van der Waals surface area (Å²) >= 11 is 1.41. The highest BCUT2D eigenvalue weighted by molar-refractivity contribution is 7.09. The third-order valence-corrected chi connectivity index (χ3v) is 4.59. The van der Waals surface area contributed by atoms with Crippen LogP contribution in [0.4, 0.5) is 0 Å². The first-order chi connectivity index (χ1) is 9.61. The summed E-state index contributed by atoms with van der Waals surface area (Å²) in [4.78, 5) is 27.3. The number of methoxy groups -OCH3 is 1. The number of ether oxygens (including phenoxy) is 1. The molecule has 0 aromatic carbocycles. The molecule has 1 unspecified atom stereocenters. The Kier molecular flexibility index (Phi) is 5.11. The van der Waals surface area contributed by atoms with Gasteiger partial charge in [0, 0.05) is 12.3 Å². The summed E-state index contributed by atoms with van der Waals surface area (Å²) in [5.41, 5.74) is 0.318. The van der Waals surface area contributed by atoms with E-state index in [2.05, 4.69) is 15.0 Å². The standard InChI is InChI=1S/C14H20N2O3S/c1-9(17)15-12(10-6-4-3-5-7-10)13-16-11(8-20-13)14(18)19-2/h8,10,12H,3-7H2,1-2H3,(H,15,17). The van der Waals surface area contributed by atoms with Crippen LogP contribution in [0.25, 0.3) is 0 Å². The fraction of sp³-hybridized carbons (Fsp3) is 0.643. The van der Waals surface area contributed by atoms with Crippen molar-refractivity contribution < 1.29 is 14.3 Å². The van der Waals surface area contributed by atoms with Crippen molar-refractivity contribution in [3.63, 3.8) is 0 Å². The second-order valence-corrected chi connectivity index (χ2v) is 6.03. The SMILES string of the molecule is COC(=O)c1csc(C(NC(C)=O)C2CCCCC2)n1. The zero-order valence-corrected chi connectivity index (χ0v) is 12.7. The molecule has 1 aliphatic carbocycles. The molecule has 1 saturated carbocycles. The molecule has 0 saturated heterocycles. The molecule has 1 amide bonds. The van der Waals surface area contributed by atoms with E-state index in [0.717, 1.165) is 17.8 Å². The molecule has 0 spiro atoms. The molecular formula is C14H20N2O3S. The lowest BCUT2D eigenvalue weighted by Crippen LogP contribution is -2.33. The summed E-state index contributed by atoms with van der Waals surface area (Å²) in [6, 6.07) is -0.0868. The van der Waals surface area contributed by atoms with E-state index >= 15 is 0 Å². The number of esters is 1. The third kappa shape index (κ3) is 3.56. The molecule has 6 heteroatoms. The Morgan fingerprint density at radius 1 is 1.40 bits per heavy atom. The van der Waals surface area contributed by atoms with Crippen molar-refractivity contribution in [3.05, 3.63) is 16.1 Å². The van der Waals surface area contributed by atoms with Crippen molar-refractivity contribution in [3.8, 4) is 0 Å². The lowest BCUT2D eigenvalue weighted by Gasteiger charge is -2.29. The number of thiazole rings is 1. The van der Waals surface area contributed by atoms with E-state index in [1.165, 1.54) is 44.6 Å². The normalized spacial score (nSPS) is 17.5. The fourth-order valence-corrected chi connectivity index (χ4v) is 3.63. The van der Waals surface area contributed by atoms with Crippen LogP contribution in [-0.4, -0.2) is 24.0 Å². The monoisotopic (exact) mass is 296 g/mol. The van der Waals surface area contributed by atoms with Crippen molar-refractivity contribution in [1.29, 1.82) is 0 Å². The van der Waals surface area contributed by atoms with Gasteiger partial charge in [0.25, 0.3) is 0 Å². The maximum atomic E-state index is 11.5. The largest absolute Gasteiger partial charge is 0.464 e. The smallest absolute Gasteiger partial charge is 0.357 e. The van der Waals surface area contributed by atoms with Crippen LogP contribution in [0, 0.1) is 5.92 Å². The quantitative estimate of drug-likeness (QED) is 0.867. The molecule has 110 valence electrons. The number of carbonyl (C=O) groups is 2. The second-order valence-electron chi connectivity index (χ2n) is 5.14. The lowest BCUT2D eigenvalue weighted by molar-refractivity contribution is -0.120. The Balaban J connectivity index is 2.18. The predicted molar refractivity (Wildman–Crippen MR) is 76.6 cm³/mol. The topological polar surface area (TPSA) is 68.3 Å². The van der Waals surface area contributed by atoms with E-state index in [1.54, 1.807) is 5.38 Å². The number of nitrogens with one attached hydrogen (secondary N) is 1. The van der Waals surface area contributed by atoms with E-state index in [9.17, 15) is 9.59 Å². The first-order valence-electron chi connectivity index (χ1n) is 6.92. The summed E-state index contributed by atoms with van der Waals surface area (Å²) < 4.78 is 4.67.